The van der Waals surface area contributed by atoms with E-state index in [0.717, 1.165) is 106 Å². The molecule has 0 spiro atoms. The smallest absolute Gasteiger partial charge is 0.164 e. The first-order valence-electron chi connectivity index (χ1n) is 34.1. The Morgan fingerprint density at radius 2 is 0.440 bits per heavy atom. The third-order valence-electron chi connectivity index (χ3n) is 20.2. The van der Waals surface area contributed by atoms with Crippen LogP contribution in [0.5, 0.6) is 0 Å². The van der Waals surface area contributed by atoms with Crippen LogP contribution in [0.15, 0.2) is 358 Å². The maximum absolute atomic E-state index is 5.53. The second-order valence-corrected chi connectivity index (χ2v) is 25.9. The molecule has 15 aromatic carbocycles. The summed E-state index contributed by atoms with van der Waals surface area (Å²) in [6.07, 6.45) is 0. The Kier molecular flexibility index (Phi) is 13.1. The maximum atomic E-state index is 5.53. The summed E-state index contributed by atoms with van der Waals surface area (Å²) in [7, 11) is 0. The van der Waals surface area contributed by atoms with Gasteiger partial charge in [0.2, 0.25) is 0 Å². The molecule has 7 heteroatoms. The third kappa shape index (κ3) is 9.32. The van der Waals surface area contributed by atoms with Crippen LogP contribution in [0, 0.1) is 0 Å². The highest BCUT2D eigenvalue weighted by atomic mass is 15.0. The molecule has 20 aromatic rings. The van der Waals surface area contributed by atoms with E-state index in [1.54, 1.807) is 0 Å². The van der Waals surface area contributed by atoms with Crippen molar-refractivity contribution >= 4 is 87.2 Å². The second kappa shape index (κ2) is 23.1. The van der Waals surface area contributed by atoms with Crippen LogP contribution in [0.4, 0.5) is 0 Å². The average Bonchev–Trinajstić information content (AvgIpc) is 1.54. The van der Waals surface area contributed by atoms with Crippen LogP contribution in [0.25, 0.3) is 189 Å². The Hall–Kier alpha value is -13.5. The van der Waals surface area contributed by atoms with Crippen molar-refractivity contribution in [3.8, 4) is 101 Å². The van der Waals surface area contributed by atoms with Crippen LogP contribution in [0.1, 0.15) is 0 Å². The lowest BCUT2D eigenvalue weighted by Crippen LogP contribution is -2.02. The molecule has 0 saturated carbocycles. The number of para-hydroxylation sites is 6. The van der Waals surface area contributed by atoms with Crippen LogP contribution in [0.3, 0.4) is 0 Å². The first kappa shape index (κ1) is 56.8. The van der Waals surface area contributed by atoms with Gasteiger partial charge < -0.3 is 18.3 Å². The van der Waals surface area contributed by atoms with Crippen molar-refractivity contribution in [1.29, 1.82) is 0 Å². The van der Waals surface area contributed by atoms with E-state index in [4.69, 9.17) is 15.0 Å². The number of nitrogens with zero attached hydrogens (tertiary/aromatic N) is 7. The monoisotopic (exact) mass is 1270 g/mol. The Balaban J connectivity index is 0.733. The highest BCUT2D eigenvalue weighted by molar-refractivity contribution is 6.15. The molecule has 0 bridgehead atoms. The molecule has 0 amide bonds. The standard InChI is InChI=1S/C93H59N7/c1-4-23-60(24-5-1)73-35-10-11-36-74(73)65-25-20-26-66(53-65)91-94-92(67-27-21-33-71(54-67)99-83-41-16-12-37-75(83)79-49-45-63(58-89(79)99)61-47-51-87-81(56-61)77-39-14-18-43-85(77)97(87)69-29-6-2-7-30-69)96-93(95-91)68-28-22-34-72(55-68)100-84-42-17-13-38-76(84)80-50-46-64(59-90(80)100)62-48-52-88-82(57-62)78-40-15-19-44-86(78)98(88)70-31-8-3-9-32-70/h1-59H. The molecule has 0 aliphatic rings. The number of benzene rings is 15. The van der Waals surface area contributed by atoms with Gasteiger partial charge in [0, 0.05) is 82.5 Å². The van der Waals surface area contributed by atoms with Gasteiger partial charge in [-0.25, -0.2) is 15.0 Å². The molecule has 466 valence electrons. The minimum atomic E-state index is 0.567. The highest BCUT2D eigenvalue weighted by Gasteiger charge is 2.22. The van der Waals surface area contributed by atoms with Gasteiger partial charge in [-0.3, -0.25) is 0 Å². The van der Waals surface area contributed by atoms with Gasteiger partial charge in [-0.2, -0.15) is 0 Å². The molecule has 0 aliphatic heterocycles. The molecular formula is C93H59N7. The van der Waals surface area contributed by atoms with Gasteiger partial charge in [-0.05, 0) is 160 Å². The largest absolute Gasteiger partial charge is 0.309 e. The summed E-state index contributed by atoms with van der Waals surface area (Å²) in [5.41, 5.74) is 25.1. The van der Waals surface area contributed by atoms with Gasteiger partial charge >= 0.3 is 0 Å². The van der Waals surface area contributed by atoms with E-state index in [1.165, 1.54) is 65.2 Å². The number of aromatic nitrogens is 7. The van der Waals surface area contributed by atoms with E-state index >= 15 is 0 Å². The van der Waals surface area contributed by atoms with E-state index in [-0.39, 0.29) is 0 Å². The van der Waals surface area contributed by atoms with Gasteiger partial charge in [0.15, 0.2) is 17.5 Å². The number of hydrogen-bond acceptors (Lipinski definition) is 3. The number of fused-ring (bicyclic) bond motifs is 12. The van der Waals surface area contributed by atoms with Gasteiger partial charge in [0.25, 0.3) is 0 Å². The van der Waals surface area contributed by atoms with Crippen LogP contribution >= 0.6 is 0 Å². The normalized spacial score (nSPS) is 11.8. The van der Waals surface area contributed by atoms with Gasteiger partial charge in [0.1, 0.15) is 0 Å². The summed E-state index contributed by atoms with van der Waals surface area (Å²) in [4.78, 5) is 16.5. The quantitative estimate of drug-likeness (QED) is 0.130. The average molecular weight is 1270 g/mol. The Labute approximate surface area is 576 Å². The summed E-state index contributed by atoms with van der Waals surface area (Å²) in [5.74, 6) is 1.71. The van der Waals surface area contributed by atoms with Crippen molar-refractivity contribution in [3.63, 3.8) is 0 Å². The Morgan fingerprint density at radius 3 is 0.890 bits per heavy atom. The first-order chi connectivity index (χ1) is 49.6. The zero-order valence-corrected chi connectivity index (χ0v) is 54.2. The van der Waals surface area contributed by atoms with Crippen molar-refractivity contribution in [3.05, 3.63) is 358 Å². The summed E-state index contributed by atoms with van der Waals surface area (Å²) < 4.78 is 9.55. The van der Waals surface area contributed by atoms with Crippen LogP contribution < -0.4 is 0 Å². The summed E-state index contributed by atoms with van der Waals surface area (Å²) in [6.45, 7) is 0. The molecule has 5 aromatic heterocycles. The fourth-order valence-electron chi connectivity index (χ4n) is 15.6. The lowest BCUT2D eigenvalue weighted by atomic mass is 9.94. The first-order valence-corrected chi connectivity index (χ1v) is 34.1. The molecule has 0 unspecified atom stereocenters. The fraction of sp³-hybridized carbons (Fsp3) is 0. The van der Waals surface area contributed by atoms with Crippen LogP contribution in [-0.4, -0.2) is 33.2 Å². The molecule has 0 N–H and O–H groups in total. The summed E-state index contributed by atoms with van der Waals surface area (Å²) >= 11 is 0. The number of hydrogen-bond donors (Lipinski definition) is 0. The fourth-order valence-corrected chi connectivity index (χ4v) is 15.6. The van der Waals surface area contributed by atoms with E-state index < -0.39 is 0 Å². The van der Waals surface area contributed by atoms with Crippen molar-refractivity contribution < 1.29 is 0 Å². The van der Waals surface area contributed by atoms with Gasteiger partial charge in [0.05, 0.1) is 44.1 Å². The van der Waals surface area contributed by atoms with E-state index in [2.05, 4.69) is 376 Å². The molecule has 0 aliphatic carbocycles. The Bertz CT molecular complexity index is 6310. The predicted molar refractivity (Wildman–Crippen MR) is 415 cm³/mol. The molecule has 7 nitrogen and oxygen atoms in total. The molecule has 0 atom stereocenters. The molecule has 0 radical (unpaired) electrons. The highest BCUT2D eigenvalue weighted by Crippen LogP contribution is 2.43. The molecule has 100 heavy (non-hydrogen) atoms. The summed E-state index contributed by atoms with van der Waals surface area (Å²) in [6, 6.07) is 129. The molecular weight excluding hydrogens is 1220 g/mol. The van der Waals surface area contributed by atoms with Crippen LogP contribution in [0.2, 0.25) is 0 Å². The van der Waals surface area contributed by atoms with Gasteiger partial charge in [-0.15, -0.1) is 0 Å². The third-order valence-corrected chi connectivity index (χ3v) is 20.2. The lowest BCUT2D eigenvalue weighted by molar-refractivity contribution is 1.07. The molecule has 5 heterocycles. The van der Waals surface area contributed by atoms with E-state index in [9.17, 15) is 0 Å². The zero-order valence-electron chi connectivity index (χ0n) is 54.2. The minimum absolute atomic E-state index is 0.567. The SMILES string of the molecule is c1ccc(-c2ccccc2-c2cccc(-c3nc(-c4cccc(-n5c6ccccc6c6ccc(-c7ccc8c(c7)c7ccccc7n8-c7ccccc7)cc65)c4)nc(-c4cccc(-n5c6ccccc6c6ccc(-c7ccc8c(c7)c7ccccc7n8-c7ccccc7)cc65)c4)n3)c2)cc1. The maximum Gasteiger partial charge on any atom is 0.164 e. The Morgan fingerprint density at radius 1 is 0.150 bits per heavy atom. The van der Waals surface area contributed by atoms with Crippen LogP contribution in [-0.2, 0) is 0 Å². The molecule has 20 rings (SSSR count). The molecule has 0 fully saturated rings. The van der Waals surface area contributed by atoms with E-state index in [1.807, 2.05) is 0 Å². The second-order valence-electron chi connectivity index (χ2n) is 25.9. The van der Waals surface area contributed by atoms with Crippen molar-refractivity contribution in [1.82, 2.24) is 33.2 Å². The minimum Gasteiger partial charge on any atom is -0.309 e. The summed E-state index contributed by atoms with van der Waals surface area (Å²) in [5, 5.41) is 9.59. The molecule has 0 saturated heterocycles. The van der Waals surface area contributed by atoms with E-state index in [0.29, 0.717) is 17.5 Å². The van der Waals surface area contributed by atoms with Gasteiger partial charge in [-0.1, -0.05) is 243 Å². The van der Waals surface area contributed by atoms with Crippen molar-refractivity contribution in [2.45, 2.75) is 0 Å². The topological polar surface area (TPSA) is 58.4 Å². The predicted octanol–water partition coefficient (Wildman–Crippen LogP) is 23.9. The lowest BCUT2D eigenvalue weighted by Gasteiger charge is -2.14. The number of rotatable bonds is 11. The van der Waals surface area contributed by atoms with Crippen molar-refractivity contribution in [2.75, 3.05) is 0 Å². The van der Waals surface area contributed by atoms with Crippen molar-refractivity contribution in [2.24, 2.45) is 0 Å². The zero-order chi connectivity index (χ0) is 65.8.